The summed E-state index contributed by atoms with van der Waals surface area (Å²) in [5.41, 5.74) is 2.80. The Kier molecular flexibility index (Phi) is 12.5. The second kappa shape index (κ2) is 17.3. The number of nitrogens with one attached hydrogen (secondary N) is 1. The number of pyridine rings is 1. The zero-order valence-electron chi connectivity index (χ0n) is 37.8. The van der Waals surface area contributed by atoms with E-state index in [1.54, 1.807) is 30.3 Å². The molecule has 2 aliphatic heterocycles. The van der Waals surface area contributed by atoms with Crippen LogP contribution in [0.5, 0.6) is 11.5 Å². The van der Waals surface area contributed by atoms with Crippen molar-refractivity contribution < 1.29 is 32.3 Å². The summed E-state index contributed by atoms with van der Waals surface area (Å²) in [6.45, 7) is 14.4. The van der Waals surface area contributed by atoms with Crippen LogP contribution in [0, 0.1) is 24.2 Å². The van der Waals surface area contributed by atoms with Crippen molar-refractivity contribution >= 4 is 61.2 Å². The number of rotatable bonds is 10. The first-order chi connectivity index (χ1) is 29.8. The molecule has 3 aromatic heterocycles. The van der Waals surface area contributed by atoms with Crippen molar-refractivity contribution in [2.45, 2.75) is 147 Å². The zero-order valence-corrected chi connectivity index (χ0v) is 40.2. The summed E-state index contributed by atoms with van der Waals surface area (Å²) in [7, 11) is -2.31. The monoisotopic (exact) mass is 915 g/mol. The Labute approximate surface area is 379 Å². The molecule has 0 unspecified atom stereocenters. The molecule has 1 N–H and O–H groups in total. The molecule has 0 radical (unpaired) electrons. The van der Waals surface area contributed by atoms with Gasteiger partial charge in [0, 0.05) is 58.4 Å². The number of hydrogen-bond donors (Lipinski definition) is 1. The molecule has 4 aliphatic rings. The van der Waals surface area contributed by atoms with E-state index in [4.69, 9.17) is 24.4 Å². The van der Waals surface area contributed by atoms with Crippen LogP contribution >= 0.6 is 22.7 Å². The maximum atomic E-state index is 15.1. The molecule has 0 spiro atoms. The zero-order chi connectivity index (χ0) is 45.1. The predicted octanol–water partition coefficient (Wildman–Crippen LogP) is 9.24. The first-order valence-corrected chi connectivity index (χ1v) is 25.7. The van der Waals surface area contributed by atoms with E-state index in [0.29, 0.717) is 54.8 Å². The molecule has 8 rings (SSSR count). The number of aryl methyl sites for hydroxylation is 1. The van der Waals surface area contributed by atoms with E-state index >= 15 is 4.79 Å². The minimum atomic E-state index is -3.94. The number of fused-ring (bicyclic) bond motifs is 3. The van der Waals surface area contributed by atoms with Crippen LogP contribution < -0.4 is 14.2 Å². The van der Waals surface area contributed by atoms with Gasteiger partial charge in [-0.1, -0.05) is 59.6 Å². The van der Waals surface area contributed by atoms with Gasteiger partial charge in [-0.15, -0.1) is 22.7 Å². The number of nitrogens with zero attached hydrogens (tertiary/aromatic N) is 4. The highest BCUT2D eigenvalue weighted by atomic mass is 32.2. The number of aromatic nitrogens is 3. The largest absolute Gasteiger partial charge is 0.496 e. The van der Waals surface area contributed by atoms with Crippen LogP contribution in [0.3, 0.4) is 0 Å². The molecule has 12 nitrogen and oxygen atoms in total. The van der Waals surface area contributed by atoms with Crippen molar-refractivity contribution in [3.8, 4) is 22.2 Å². The van der Waals surface area contributed by atoms with Gasteiger partial charge in [0.15, 0.2) is 5.78 Å². The topological polar surface area (TPSA) is 158 Å². The average Bonchev–Trinajstić information content (AvgIpc) is 3.83. The summed E-state index contributed by atoms with van der Waals surface area (Å²) >= 11 is 3.09. The SMILES string of the molecule is COc1ccc2c(O[C@@H]3C[C@H]4C(=O)C[C@]5(C(=O)NS(=O)(=O)C6(C)CC6)C[C@H]5/C=C\CCCCC[C@H](Cc5nc(C(C)(C)C)cs5)C(=O)N4C3)cc(-c3nc(C(C)C)cs3)nc2c1C. The van der Waals surface area contributed by atoms with Crippen molar-refractivity contribution in [1.29, 1.82) is 0 Å². The van der Waals surface area contributed by atoms with Gasteiger partial charge in [0.1, 0.15) is 28.3 Å². The van der Waals surface area contributed by atoms with Crippen LogP contribution in [-0.2, 0) is 36.2 Å². The van der Waals surface area contributed by atoms with Gasteiger partial charge in [-0.25, -0.2) is 23.4 Å². The van der Waals surface area contributed by atoms with E-state index in [2.05, 4.69) is 50.8 Å². The molecule has 2 saturated carbocycles. The lowest BCUT2D eigenvalue weighted by Crippen LogP contribution is -2.47. The molecule has 4 aromatic rings. The van der Waals surface area contributed by atoms with E-state index < -0.39 is 44.2 Å². The number of benzene rings is 1. The summed E-state index contributed by atoms with van der Waals surface area (Å²) in [4.78, 5) is 60.9. The Balaban J connectivity index is 1.15. The number of thiazole rings is 2. The van der Waals surface area contributed by atoms with Crippen molar-refractivity contribution in [2.75, 3.05) is 13.7 Å². The molecule has 1 saturated heterocycles. The summed E-state index contributed by atoms with van der Waals surface area (Å²) in [6, 6.07) is 4.83. The second-order valence-electron chi connectivity index (χ2n) is 19.8. The van der Waals surface area contributed by atoms with Crippen molar-refractivity contribution in [3.63, 3.8) is 0 Å². The van der Waals surface area contributed by atoms with Crippen molar-refractivity contribution in [3.05, 3.63) is 63.1 Å². The number of ketones is 1. The summed E-state index contributed by atoms with van der Waals surface area (Å²) < 4.78 is 40.8. The van der Waals surface area contributed by atoms with Gasteiger partial charge in [0.25, 0.3) is 0 Å². The lowest BCUT2D eigenvalue weighted by Gasteiger charge is -2.29. The maximum Gasteiger partial charge on any atom is 0.240 e. The molecule has 338 valence electrons. The molecule has 0 bridgehead atoms. The normalized spacial score (nSPS) is 25.8. The highest BCUT2D eigenvalue weighted by Gasteiger charge is 2.62. The highest BCUT2D eigenvalue weighted by molar-refractivity contribution is 7.91. The first kappa shape index (κ1) is 45.4. The minimum Gasteiger partial charge on any atom is -0.496 e. The number of amides is 2. The van der Waals surface area contributed by atoms with E-state index in [9.17, 15) is 18.0 Å². The summed E-state index contributed by atoms with van der Waals surface area (Å²) in [5.74, 6) is -0.238. The summed E-state index contributed by atoms with van der Waals surface area (Å²) in [5, 5.41) is 6.53. The van der Waals surface area contributed by atoms with E-state index in [1.807, 2.05) is 36.6 Å². The molecular formula is C48H61N5O7S3. The van der Waals surface area contributed by atoms with Crippen LogP contribution in [0.4, 0.5) is 0 Å². The van der Waals surface area contributed by atoms with Gasteiger partial charge in [-0.3, -0.25) is 19.1 Å². The Morgan fingerprint density at radius 1 is 1.05 bits per heavy atom. The van der Waals surface area contributed by atoms with Gasteiger partial charge in [0.2, 0.25) is 21.8 Å². The molecule has 3 fully saturated rings. The lowest BCUT2D eigenvalue weighted by atomic mass is 9.90. The number of ether oxygens (including phenoxy) is 2. The Morgan fingerprint density at radius 3 is 2.51 bits per heavy atom. The van der Waals surface area contributed by atoms with Crippen LogP contribution in [0.2, 0.25) is 0 Å². The van der Waals surface area contributed by atoms with Crippen molar-refractivity contribution in [2.24, 2.45) is 17.3 Å². The highest BCUT2D eigenvalue weighted by Crippen LogP contribution is 2.58. The number of sulfonamides is 1. The molecule has 5 atom stereocenters. The fraction of sp³-hybridized carbons (Fsp3) is 0.583. The standard InChI is InChI=1S/C48H61N5O7S3/c1-28(2)35-26-62-43(50-35)34-22-39(33-16-17-38(59-8)29(3)42(33)49-34)60-32-21-36-37(54)24-48(45(56)52-63(57,58)47(7)18-19-47)23-31(48)15-13-11-9-10-12-14-30(44(55)53(36)25-32)20-41-51-40(27-61-41)46(4,5)6/h13,15-17,22,26-28,30-32,36H,9-12,14,18-21,23-25H2,1-8H3,(H,52,56)/b15-13-/t30-,31-,32-,36+,48-/m1/s1. The summed E-state index contributed by atoms with van der Waals surface area (Å²) in [6.07, 6.45) is 9.40. The Hall–Kier alpha value is -4.21. The molecule has 5 heterocycles. The number of allylic oxidation sites excluding steroid dienone is 2. The molecule has 15 heteroatoms. The Bertz CT molecular complexity index is 2550. The van der Waals surface area contributed by atoms with Crippen LogP contribution in [-0.4, -0.2) is 76.4 Å². The van der Waals surface area contributed by atoms with E-state index in [0.717, 1.165) is 58.0 Å². The molecule has 2 amide bonds. The number of methoxy groups -OCH3 is 1. The second-order valence-corrected chi connectivity index (χ2v) is 23.8. The van der Waals surface area contributed by atoms with Gasteiger partial charge in [-0.2, -0.15) is 0 Å². The number of Topliss-reactive ketones (excluding diaryl/α,β-unsaturated/α-hetero) is 1. The number of carbonyl (C=O) groups is 3. The average molecular weight is 916 g/mol. The fourth-order valence-electron chi connectivity index (χ4n) is 9.04. The third-order valence-corrected chi connectivity index (χ3v) is 17.6. The van der Waals surface area contributed by atoms with Gasteiger partial charge in [-0.05, 0) is 76.3 Å². The third-order valence-electron chi connectivity index (χ3n) is 13.7. The maximum absolute atomic E-state index is 15.1. The molecule has 1 aromatic carbocycles. The first-order valence-electron chi connectivity index (χ1n) is 22.4. The number of carbonyl (C=O) groups excluding carboxylic acids is 3. The fourth-order valence-corrected chi connectivity index (χ4v) is 12.4. The minimum absolute atomic E-state index is 0.125. The Morgan fingerprint density at radius 2 is 1.83 bits per heavy atom. The molecular weight excluding hydrogens is 855 g/mol. The van der Waals surface area contributed by atoms with Crippen LogP contribution in [0.25, 0.3) is 21.6 Å². The molecule has 2 aliphatic carbocycles. The van der Waals surface area contributed by atoms with E-state index in [1.165, 1.54) is 11.3 Å². The van der Waals surface area contributed by atoms with Gasteiger partial charge < -0.3 is 14.4 Å². The third kappa shape index (κ3) is 9.20. The van der Waals surface area contributed by atoms with Crippen molar-refractivity contribution in [1.82, 2.24) is 24.6 Å². The van der Waals surface area contributed by atoms with Crippen LogP contribution in [0.1, 0.15) is 134 Å². The smallest absolute Gasteiger partial charge is 0.240 e. The predicted molar refractivity (Wildman–Crippen MR) is 248 cm³/mol. The van der Waals surface area contributed by atoms with E-state index in [-0.39, 0.29) is 48.3 Å². The van der Waals surface area contributed by atoms with Gasteiger partial charge >= 0.3 is 0 Å². The number of hydrogen-bond acceptors (Lipinski definition) is 12. The molecule has 63 heavy (non-hydrogen) atoms. The van der Waals surface area contributed by atoms with Crippen LogP contribution in [0.15, 0.2) is 41.1 Å². The van der Waals surface area contributed by atoms with Gasteiger partial charge in [0.05, 0.1) is 51.8 Å². The quantitative estimate of drug-likeness (QED) is 0.152. The lowest BCUT2D eigenvalue weighted by molar-refractivity contribution is -0.142.